The van der Waals surface area contributed by atoms with Crippen LogP contribution in [0.4, 0.5) is 8.78 Å². The Kier molecular flexibility index (Phi) is 6.36. The fourth-order valence-corrected chi connectivity index (χ4v) is 2.48. The van der Waals surface area contributed by atoms with Crippen molar-refractivity contribution in [3.63, 3.8) is 0 Å². The van der Waals surface area contributed by atoms with Gasteiger partial charge in [0.2, 0.25) is 0 Å². The van der Waals surface area contributed by atoms with Crippen LogP contribution in [0.15, 0.2) is 18.2 Å². The predicted octanol–water partition coefficient (Wildman–Crippen LogP) is 1.96. The van der Waals surface area contributed by atoms with E-state index < -0.39 is 11.6 Å². The summed E-state index contributed by atoms with van der Waals surface area (Å²) in [6, 6.07) is 3.10. The summed E-state index contributed by atoms with van der Waals surface area (Å²) in [5.41, 5.74) is 5.60. The van der Waals surface area contributed by atoms with Gasteiger partial charge in [0.05, 0.1) is 0 Å². The van der Waals surface area contributed by atoms with E-state index in [9.17, 15) is 13.6 Å². The van der Waals surface area contributed by atoms with Crippen LogP contribution in [0.1, 0.15) is 13.3 Å². The number of halogens is 3. The van der Waals surface area contributed by atoms with E-state index in [-0.39, 0.29) is 36.7 Å². The quantitative estimate of drug-likeness (QED) is 0.922. The topological polar surface area (TPSA) is 55.6 Å². The molecule has 4 nitrogen and oxygen atoms in total. The van der Waals surface area contributed by atoms with Crippen LogP contribution in [0, 0.1) is 17.6 Å². The van der Waals surface area contributed by atoms with E-state index in [2.05, 4.69) is 0 Å². The molecule has 1 amide bonds. The van der Waals surface area contributed by atoms with Crippen molar-refractivity contribution in [3.05, 3.63) is 29.8 Å². The highest BCUT2D eigenvalue weighted by atomic mass is 35.5. The minimum absolute atomic E-state index is 0. The van der Waals surface area contributed by atoms with Gasteiger partial charge >= 0.3 is 0 Å². The number of likely N-dealkylation sites (tertiary alicyclic amines) is 1. The summed E-state index contributed by atoms with van der Waals surface area (Å²) in [7, 11) is 0. The lowest BCUT2D eigenvalue weighted by atomic mass is 10.1. The van der Waals surface area contributed by atoms with Crippen molar-refractivity contribution in [3.8, 4) is 5.75 Å². The molecule has 0 bridgehead atoms. The van der Waals surface area contributed by atoms with Crippen LogP contribution in [0.5, 0.6) is 5.75 Å². The number of nitrogens with zero attached hydrogens (tertiary/aromatic N) is 1. The average Bonchev–Trinajstić information content (AvgIpc) is 2.79. The maximum atomic E-state index is 13.4. The molecule has 1 aromatic carbocycles. The molecule has 2 N–H and O–H groups in total. The molecule has 0 spiro atoms. The fraction of sp³-hybridized carbons (Fsp3) is 0.500. The first-order valence-electron chi connectivity index (χ1n) is 6.58. The molecule has 2 atom stereocenters. The van der Waals surface area contributed by atoms with E-state index in [1.54, 1.807) is 4.90 Å². The Morgan fingerprint density at radius 2 is 2.19 bits per heavy atom. The second kappa shape index (κ2) is 7.56. The summed E-state index contributed by atoms with van der Waals surface area (Å²) in [4.78, 5) is 13.7. The monoisotopic (exact) mass is 320 g/mol. The van der Waals surface area contributed by atoms with Crippen molar-refractivity contribution in [2.45, 2.75) is 19.4 Å². The number of amides is 1. The zero-order valence-corrected chi connectivity index (χ0v) is 12.5. The number of benzene rings is 1. The van der Waals surface area contributed by atoms with E-state index in [0.717, 1.165) is 18.6 Å². The third-order valence-corrected chi connectivity index (χ3v) is 3.56. The standard InChI is InChI=1S/C14H18F2N2O2.ClH/c1-9-4-10(6-17)7-18(9)14(19)8-20-13-3-2-11(15)5-12(13)16;/h2-3,5,9-10H,4,6-8,17H2,1H3;1H. The molecule has 0 aromatic heterocycles. The molecular formula is C14H19ClF2N2O2. The number of hydrogen-bond donors (Lipinski definition) is 1. The Morgan fingerprint density at radius 3 is 2.76 bits per heavy atom. The Labute approximate surface area is 128 Å². The number of nitrogens with two attached hydrogens (primary N) is 1. The lowest BCUT2D eigenvalue weighted by molar-refractivity contribution is -0.134. The molecule has 21 heavy (non-hydrogen) atoms. The lowest BCUT2D eigenvalue weighted by Crippen LogP contribution is -2.37. The normalized spacial score (nSPS) is 21.0. The summed E-state index contributed by atoms with van der Waals surface area (Å²) in [5.74, 6) is -1.53. The third kappa shape index (κ3) is 4.28. The van der Waals surface area contributed by atoms with E-state index in [1.807, 2.05) is 6.92 Å². The van der Waals surface area contributed by atoms with Gasteiger partial charge in [0, 0.05) is 18.7 Å². The van der Waals surface area contributed by atoms with E-state index in [4.69, 9.17) is 10.5 Å². The van der Waals surface area contributed by atoms with Crippen molar-refractivity contribution in [1.29, 1.82) is 0 Å². The van der Waals surface area contributed by atoms with E-state index >= 15 is 0 Å². The van der Waals surface area contributed by atoms with Gasteiger partial charge in [-0.25, -0.2) is 8.78 Å². The summed E-state index contributed by atoms with van der Waals surface area (Å²) in [6.45, 7) is 2.84. The molecule has 0 aliphatic carbocycles. The summed E-state index contributed by atoms with van der Waals surface area (Å²) in [5, 5.41) is 0. The predicted molar refractivity (Wildman–Crippen MR) is 77.4 cm³/mol. The van der Waals surface area contributed by atoms with Crippen molar-refractivity contribution >= 4 is 18.3 Å². The molecule has 1 heterocycles. The molecule has 1 aliphatic rings. The third-order valence-electron chi connectivity index (χ3n) is 3.56. The molecule has 1 aliphatic heterocycles. The fourth-order valence-electron chi connectivity index (χ4n) is 2.48. The molecule has 0 radical (unpaired) electrons. The van der Waals surface area contributed by atoms with E-state index in [0.29, 0.717) is 19.0 Å². The first-order chi connectivity index (χ1) is 9.51. The highest BCUT2D eigenvalue weighted by Crippen LogP contribution is 2.23. The highest BCUT2D eigenvalue weighted by molar-refractivity contribution is 5.85. The van der Waals surface area contributed by atoms with Crippen LogP contribution >= 0.6 is 12.4 Å². The van der Waals surface area contributed by atoms with Crippen molar-refractivity contribution < 1.29 is 18.3 Å². The van der Waals surface area contributed by atoms with Crippen molar-refractivity contribution in [2.75, 3.05) is 19.7 Å². The van der Waals surface area contributed by atoms with Gasteiger partial charge in [-0.2, -0.15) is 0 Å². The largest absolute Gasteiger partial charge is 0.481 e. The van der Waals surface area contributed by atoms with Gasteiger partial charge in [0.15, 0.2) is 18.2 Å². The van der Waals surface area contributed by atoms with Gasteiger partial charge in [-0.1, -0.05) is 0 Å². The summed E-state index contributed by atoms with van der Waals surface area (Å²) in [6.07, 6.45) is 0.868. The molecule has 1 aromatic rings. The first-order valence-corrected chi connectivity index (χ1v) is 6.58. The van der Waals surface area contributed by atoms with Gasteiger partial charge in [0.1, 0.15) is 5.82 Å². The van der Waals surface area contributed by atoms with E-state index in [1.165, 1.54) is 6.07 Å². The molecule has 1 fully saturated rings. The number of carbonyl (C=O) groups is 1. The minimum Gasteiger partial charge on any atom is -0.481 e. The molecule has 0 saturated carbocycles. The molecule has 2 rings (SSSR count). The number of hydrogen-bond acceptors (Lipinski definition) is 3. The smallest absolute Gasteiger partial charge is 0.260 e. The Hall–Kier alpha value is -1.40. The molecule has 7 heteroatoms. The average molecular weight is 321 g/mol. The zero-order valence-electron chi connectivity index (χ0n) is 11.7. The Morgan fingerprint density at radius 1 is 1.48 bits per heavy atom. The second-order valence-electron chi connectivity index (χ2n) is 5.10. The first kappa shape index (κ1) is 17.7. The molecule has 2 unspecified atom stereocenters. The van der Waals surface area contributed by atoms with Crippen LogP contribution in [0.2, 0.25) is 0 Å². The van der Waals surface area contributed by atoms with Gasteiger partial charge in [-0.15, -0.1) is 12.4 Å². The summed E-state index contributed by atoms with van der Waals surface area (Å²) < 4.78 is 31.2. The maximum Gasteiger partial charge on any atom is 0.260 e. The zero-order chi connectivity index (χ0) is 14.7. The van der Waals surface area contributed by atoms with Gasteiger partial charge in [-0.3, -0.25) is 4.79 Å². The van der Waals surface area contributed by atoms with Crippen LogP contribution in [-0.4, -0.2) is 36.5 Å². The number of rotatable bonds is 4. The minimum atomic E-state index is -0.813. The van der Waals surface area contributed by atoms with Crippen molar-refractivity contribution in [2.24, 2.45) is 11.7 Å². The van der Waals surface area contributed by atoms with Gasteiger partial charge < -0.3 is 15.4 Å². The van der Waals surface area contributed by atoms with Crippen molar-refractivity contribution in [1.82, 2.24) is 4.90 Å². The summed E-state index contributed by atoms with van der Waals surface area (Å²) >= 11 is 0. The second-order valence-corrected chi connectivity index (χ2v) is 5.10. The Balaban J connectivity index is 0.00000220. The molecule has 1 saturated heterocycles. The van der Waals surface area contributed by atoms with Gasteiger partial charge in [0.25, 0.3) is 5.91 Å². The maximum absolute atomic E-state index is 13.4. The van der Waals surface area contributed by atoms with Crippen LogP contribution in [-0.2, 0) is 4.79 Å². The highest BCUT2D eigenvalue weighted by Gasteiger charge is 2.31. The van der Waals surface area contributed by atoms with Crippen LogP contribution < -0.4 is 10.5 Å². The van der Waals surface area contributed by atoms with Crippen LogP contribution in [0.3, 0.4) is 0 Å². The number of carbonyl (C=O) groups excluding carboxylic acids is 1. The van der Waals surface area contributed by atoms with Gasteiger partial charge in [-0.05, 0) is 37.9 Å². The Bertz CT molecular complexity index is 502. The van der Waals surface area contributed by atoms with Crippen LogP contribution in [0.25, 0.3) is 0 Å². The SMILES string of the molecule is CC1CC(CN)CN1C(=O)COc1ccc(F)cc1F.Cl. The molecular weight excluding hydrogens is 302 g/mol. The molecule has 118 valence electrons. The lowest BCUT2D eigenvalue weighted by Gasteiger charge is -2.21. The number of ether oxygens (including phenoxy) is 1.